The summed E-state index contributed by atoms with van der Waals surface area (Å²) >= 11 is 1.18. The number of halogens is 2. The second kappa shape index (κ2) is 11.8. The van der Waals surface area contributed by atoms with Crippen LogP contribution in [0.4, 0.5) is 19.6 Å². The topological polar surface area (TPSA) is 124 Å². The molecule has 2 aromatic heterocycles. The molecule has 4 atom stereocenters. The number of fused-ring (bicyclic) bond motifs is 6. The second-order valence-electron chi connectivity index (χ2n) is 13.4. The van der Waals surface area contributed by atoms with Gasteiger partial charge in [0, 0.05) is 59.0 Å². The van der Waals surface area contributed by atoms with E-state index in [-0.39, 0.29) is 64.6 Å². The molecule has 0 saturated carbocycles. The lowest BCUT2D eigenvalue weighted by atomic mass is 9.90. The number of ether oxygens (including phenoxy) is 2. The Labute approximate surface area is 275 Å². The number of likely N-dealkylation sites (N-methyl/N-ethyl adjacent to an activating group) is 1. The Bertz CT molecular complexity index is 1930. The molecule has 0 aliphatic carbocycles. The van der Waals surface area contributed by atoms with E-state index in [1.165, 1.54) is 17.4 Å². The van der Waals surface area contributed by atoms with Crippen molar-refractivity contribution in [1.29, 1.82) is 5.26 Å². The number of β-amino-alcohol motifs (C(OH)–C–C–N with tert-alkyl or cyclic N) is 1. The van der Waals surface area contributed by atoms with E-state index in [2.05, 4.69) is 27.8 Å². The first-order chi connectivity index (χ1) is 22.7. The molecule has 246 valence electrons. The molecule has 10 nitrogen and oxygen atoms in total. The van der Waals surface area contributed by atoms with E-state index < -0.39 is 17.7 Å². The number of nitrogen functional groups attached to an aromatic ring is 1. The first-order valence-corrected chi connectivity index (χ1v) is 17.1. The number of nitrogens with two attached hydrogens (primary N) is 1. The minimum atomic E-state index is -0.698. The van der Waals surface area contributed by atoms with Gasteiger partial charge in [-0.3, -0.25) is 4.90 Å². The number of piperazine rings is 1. The summed E-state index contributed by atoms with van der Waals surface area (Å²) in [5.74, 6) is -0.741. The van der Waals surface area contributed by atoms with Gasteiger partial charge in [0.05, 0.1) is 30.3 Å². The Morgan fingerprint density at radius 3 is 2.60 bits per heavy atom. The summed E-state index contributed by atoms with van der Waals surface area (Å²) < 4.78 is 46.1. The summed E-state index contributed by atoms with van der Waals surface area (Å²) in [5, 5.41) is 21.2. The van der Waals surface area contributed by atoms with Crippen LogP contribution in [0, 0.1) is 23.0 Å². The predicted molar refractivity (Wildman–Crippen MR) is 176 cm³/mol. The van der Waals surface area contributed by atoms with Crippen LogP contribution in [-0.2, 0) is 18.0 Å². The molecule has 4 aromatic rings. The normalized spacial score (nSPS) is 23.6. The fourth-order valence-corrected chi connectivity index (χ4v) is 9.19. The molecule has 4 unspecified atom stereocenters. The van der Waals surface area contributed by atoms with E-state index >= 15 is 8.78 Å². The third-order valence-corrected chi connectivity index (χ3v) is 11.3. The van der Waals surface area contributed by atoms with Crippen LogP contribution in [0.1, 0.15) is 49.3 Å². The Balaban J connectivity index is 1.34. The van der Waals surface area contributed by atoms with Crippen LogP contribution >= 0.6 is 11.3 Å². The number of anilines is 2. The summed E-state index contributed by atoms with van der Waals surface area (Å²) in [7, 11) is 2.06. The molecule has 3 N–H and O–H groups in total. The van der Waals surface area contributed by atoms with E-state index in [1.807, 2.05) is 0 Å². The van der Waals surface area contributed by atoms with Gasteiger partial charge in [0.15, 0.2) is 5.82 Å². The number of hydrogen-bond acceptors (Lipinski definition) is 11. The van der Waals surface area contributed by atoms with Crippen molar-refractivity contribution in [3.05, 3.63) is 40.5 Å². The Morgan fingerprint density at radius 1 is 1.13 bits per heavy atom. The highest BCUT2D eigenvalue weighted by molar-refractivity contribution is 7.23. The first-order valence-electron chi connectivity index (χ1n) is 16.3. The number of nitrogens with zero attached hydrogens (tertiary/aromatic N) is 6. The highest BCUT2D eigenvalue weighted by atomic mass is 32.1. The van der Waals surface area contributed by atoms with Gasteiger partial charge >= 0.3 is 6.01 Å². The van der Waals surface area contributed by atoms with Crippen molar-refractivity contribution >= 4 is 43.1 Å². The van der Waals surface area contributed by atoms with Gasteiger partial charge in [-0.15, -0.1) is 11.3 Å². The number of hydrogen-bond donors (Lipinski definition) is 2. The van der Waals surface area contributed by atoms with Crippen molar-refractivity contribution in [3.63, 3.8) is 0 Å². The Morgan fingerprint density at radius 2 is 1.89 bits per heavy atom. The fourth-order valence-electron chi connectivity index (χ4n) is 8.26. The van der Waals surface area contributed by atoms with Gasteiger partial charge in [-0.1, -0.05) is 0 Å². The maximum atomic E-state index is 17.4. The van der Waals surface area contributed by atoms with Crippen LogP contribution < -0.4 is 15.4 Å². The van der Waals surface area contributed by atoms with Crippen LogP contribution in [0.25, 0.3) is 32.1 Å². The average molecular weight is 662 g/mol. The third-order valence-electron chi connectivity index (χ3n) is 10.4. The van der Waals surface area contributed by atoms with E-state index in [9.17, 15) is 10.4 Å². The molecule has 13 heteroatoms. The Kier molecular flexibility index (Phi) is 7.69. The van der Waals surface area contributed by atoms with Crippen LogP contribution in [-0.4, -0.2) is 88.9 Å². The maximum absolute atomic E-state index is 17.4. The van der Waals surface area contributed by atoms with Crippen molar-refractivity contribution in [2.75, 3.05) is 50.5 Å². The third kappa shape index (κ3) is 5.00. The van der Waals surface area contributed by atoms with Gasteiger partial charge in [0.2, 0.25) is 0 Å². The van der Waals surface area contributed by atoms with E-state index in [0.717, 1.165) is 50.9 Å². The van der Waals surface area contributed by atoms with E-state index in [0.29, 0.717) is 40.0 Å². The second-order valence-corrected chi connectivity index (χ2v) is 14.5. The summed E-state index contributed by atoms with van der Waals surface area (Å²) in [4.78, 5) is 16.5. The van der Waals surface area contributed by atoms with Gasteiger partial charge in [-0.05, 0) is 69.5 Å². The quantitative estimate of drug-likeness (QED) is 0.286. The standard InChI is InChI=1S/C34H37F2N7O3S/c1-17(44)11-42-12-18-5-6-19(13-42)43(18)33-28-23-16-45-15-22(23)27(29-24(35)7-8-25-26(29)21(10-37)32(38)47-25)30(36)31(28)39-34(40-33)46-14-20-4-3-9-41(20)2/h7-8,17-20,44H,3-6,9,11-16,38H2,1-2H3. The lowest BCUT2D eigenvalue weighted by Gasteiger charge is -2.42. The fraction of sp³-hybridized carbons (Fsp3) is 0.500. The van der Waals surface area contributed by atoms with Gasteiger partial charge in [-0.25, -0.2) is 8.78 Å². The summed E-state index contributed by atoms with van der Waals surface area (Å²) in [6.45, 7) is 5.50. The minimum absolute atomic E-state index is 0.00447. The highest BCUT2D eigenvalue weighted by Crippen LogP contribution is 2.49. The van der Waals surface area contributed by atoms with E-state index in [1.54, 1.807) is 13.0 Å². The lowest BCUT2D eigenvalue weighted by Crippen LogP contribution is -2.55. The van der Waals surface area contributed by atoms with Gasteiger partial charge < -0.3 is 30.1 Å². The number of benzene rings is 2. The Hall–Kier alpha value is -3.67. The van der Waals surface area contributed by atoms with Gasteiger partial charge in [0.1, 0.15) is 34.8 Å². The zero-order valence-electron chi connectivity index (χ0n) is 26.4. The molecule has 8 rings (SSSR count). The number of aliphatic hydroxyl groups excluding tert-OH is 1. The van der Waals surface area contributed by atoms with Gasteiger partial charge in [0.25, 0.3) is 0 Å². The van der Waals surface area contributed by atoms with Crippen molar-refractivity contribution in [2.45, 2.75) is 70.1 Å². The molecule has 3 saturated heterocycles. The zero-order valence-corrected chi connectivity index (χ0v) is 27.2. The largest absolute Gasteiger partial charge is 0.462 e. The molecule has 6 heterocycles. The van der Waals surface area contributed by atoms with E-state index in [4.69, 9.17) is 25.2 Å². The molecular weight excluding hydrogens is 624 g/mol. The van der Waals surface area contributed by atoms with Crippen LogP contribution in [0.2, 0.25) is 0 Å². The summed E-state index contributed by atoms with van der Waals surface area (Å²) in [6, 6.07) is 5.48. The SMILES string of the molecule is CC(O)CN1CC2CCC(C1)N2c1nc(OCC2CCCN2C)nc2c(F)c(-c3c(F)ccc4sc(N)c(C#N)c34)c3c(c12)COC3. The number of nitriles is 1. The van der Waals surface area contributed by atoms with Crippen molar-refractivity contribution in [3.8, 4) is 23.2 Å². The molecule has 4 aliphatic heterocycles. The summed E-state index contributed by atoms with van der Waals surface area (Å²) in [6.07, 6.45) is 3.52. The van der Waals surface area contributed by atoms with Crippen LogP contribution in [0.5, 0.6) is 6.01 Å². The molecule has 47 heavy (non-hydrogen) atoms. The van der Waals surface area contributed by atoms with Crippen molar-refractivity contribution in [1.82, 2.24) is 19.8 Å². The molecule has 0 amide bonds. The molecule has 3 fully saturated rings. The smallest absolute Gasteiger partial charge is 0.319 e. The number of aromatic nitrogens is 2. The van der Waals surface area contributed by atoms with Gasteiger partial charge in [-0.2, -0.15) is 15.2 Å². The molecule has 2 bridgehead atoms. The maximum Gasteiger partial charge on any atom is 0.319 e. The predicted octanol–water partition coefficient (Wildman–Crippen LogP) is 4.78. The highest BCUT2D eigenvalue weighted by Gasteiger charge is 2.43. The lowest BCUT2D eigenvalue weighted by molar-refractivity contribution is 0.111. The summed E-state index contributed by atoms with van der Waals surface area (Å²) in [5.41, 5.74) is 7.64. The number of rotatable bonds is 7. The van der Waals surface area contributed by atoms with Crippen LogP contribution in [0.3, 0.4) is 0 Å². The number of aliphatic hydroxyl groups is 1. The molecule has 0 radical (unpaired) electrons. The minimum Gasteiger partial charge on any atom is -0.462 e. The zero-order chi connectivity index (χ0) is 32.6. The van der Waals surface area contributed by atoms with Crippen LogP contribution in [0.15, 0.2) is 12.1 Å². The molecule has 2 aromatic carbocycles. The molecule has 0 spiro atoms. The van der Waals surface area contributed by atoms with Crippen molar-refractivity contribution < 1.29 is 23.4 Å². The number of thiophene rings is 1. The molecule has 4 aliphatic rings. The average Bonchev–Trinajstić information content (AvgIpc) is 3.81. The van der Waals surface area contributed by atoms with Crippen molar-refractivity contribution in [2.24, 2.45) is 0 Å². The number of likely N-dealkylation sites (tertiary alicyclic amines) is 2. The monoisotopic (exact) mass is 661 g/mol. The molecular formula is C34H37F2N7O3S. The first kappa shape index (κ1) is 30.7.